The monoisotopic (exact) mass is 505 g/mol. The van der Waals surface area contributed by atoms with E-state index in [2.05, 4.69) is 0 Å². The molecule has 2 aliphatic rings. The van der Waals surface area contributed by atoms with Gasteiger partial charge in [0.1, 0.15) is 18.3 Å². The standard InChI is InChI=1S/C32H38O5/c1-5-13-25(14-6-1)21-33-24-29-30(34-22-26-15-7-2-8-16-26)31(35-23-27-17-9-3-10-18-27)32(37-29)36-28-19-11-4-12-20-28/h1-3,5-10,13-18,28-32H,4,11-12,19-24H2/t29-,30-,31-,32?/m1/s1/i21D,22D,23D/t21?,22?,23?,29-,30-,31-,32?. The molecule has 3 aromatic rings. The van der Waals surface area contributed by atoms with Crippen LogP contribution in [0.25, 0.3) is 0 Å². The molecule has 2 fully saturated rings. The molecule has 1 heterocycles. The van der Waals surface area contributed by atoms with Crippen LogP contribution in [-0.4, -0.2) is 37.3 Å². The molecular formula is C32H38O5. The SMILES string of the molecule is [2H]C(OC[C@H]1OC(OC2CCCCC2)[C@H](OC([2H])c2ccccc2)[C@@H]1OC([2H])c1ccccc1)c1ccccc1. The summed E-state index contributed by atoms with van der Waals surface area (Å²) in [6.07, 6.45) is 2.33. The van der Waals surface area contributed by atoms with Crippen molar-refractivity contribution in [2.45, 2.75) is 82.6 Å². The van der Waals surface area contributed by atoms with E-state index in [9.17, 15) is 0 Å². The fraction of sp³-hybridized carbons (Fsp3) is 0.438. The highest BCUT2D eigenvalue weighted by Gasteiger charge is 2.48. The first-order valence-corrected chi connectivity index (χ1v) is 13.2. The first-order chi connectivity index (χ1) is 19.6. The van der Waals surface area contributed by atoms with Crippen LogP contribution >= 0.6 is 0 Å². The van der Waals surface area contributed by atoms with Gasteiger partial charge in [0.15, 0.2) is 6.29 Å². The van der Waals surface area contributed by atoms with Crippen molar-refractivity contribution >= 4 is 0 Å². The summed E-state index contributed by atoms with van der Waals surface area (Å²) in [5.74, 6) is 0. The molecule has 5 heteroatoms. The van der Waals surface area contributed by atoms with Crippen molar-refractivity contribution in [3.63, 3.8) is 0 Å². The molecule has 0 N–H and O–H groups in total. The Hall–Kier alpha value is -2.54. The summed E-state index contributed by atoms with van der Waals surface area (Å²) in [6, 6.07) is 28.0. The first kappa shape index (κ1) is 22.4. The number of hydrogen-bond acceptors (Lipinski definition) is 5. The molecule has 1 aliphatic carbocycles. The third kappa shape index (κ3) is 7.73. The second kappa shape index (κ2) is 13.8. The lowest BCUT2D eigenvalue weighted by atomic mass is 9.98. The summed E-state index contributed by atoms with van der Waals surface area (Å²) in [5, 5.41) is 0. The van der Waals surface area contributed by atoms with E-state index in [1.54, 1.807) is 0 Å². The van der Waals surface area contributed by atoms with Gasteiger partial charge in [0.2, 0.25) is 0 Å². The summed E-state index contributed by atoms with van der Waals surface area (Å²) in [4.78, 5) is 0. The lowest BCUT2D eigenvalue weighted by Crippen LogP contribution is -2.40. The summed E-state index contributed by atoms with van der Waals surface area (Å²) < 4.78 is 57.5. The molecular weight excluding hydrogens is 464 g/mol. The minimum Gasteiger partial charge on any atom is -0.374 e. The van der Waals surface area contributed by atoms with Crippen molar-refractivity contribution < 1.29 is 27.8 Å². The Kier molecular flexibility index (Phi) is 8.40. The maximum atomic E-state index is 8.78. The minimum atomic E-state index is -1.00. The molecule has 0 bridgehead atoms. The normalized spacial score (nSPS) is 28.1. The van der Waals surface area contributed by atoms with Gasteiger partial charge in [-0.25, -0.2) is 0 Å². The van der Waals surface area contributed by atoms with Gasteiger partial charge in [0.25, 0.3) is 0 Å². The molecule has 0 aromatic heterocycles. The molecule has 37 heavy (non-hydrogen) atoms. The fourth-order valence-corrected chi connectivity index (χ4v) is 4.78. The Morgan fingerprint density at radius 2 is 1.16 bits per heavy atom. The maximum absolute atomic E-state index is 8.78. The Balaban J connectivity index is 1.38. The van der Waals surface area contributed by atoms with E-state index in [-0.39, 0.29) is 12.7 Å². The van der Waals surface area contributed by atoms with Crippen LogP contribution in [-0.2, 0) is 43.4 Å². The van der Waals surface area contributed by atoms with E-state index >= 15 is 0 Å². The molecule has 5 rings (SSSR count). The molecule has 1 saturated heterocycles. The summed E-state index contributed by atoms with van der Waals surface area (Å²) in [6.45, 7) is -2.85. The predicted octanol–water partition coefficient (Wildman–Crippen LogP) is 6.45. The summed E-state index contributed by atoms with van der Waals surface area (Å²) in [7, 11) is 0. The molecule has 1 aliphatic heterocycles. The van der Waals surface area contributed by atoms with Gasteiger partial charge in [0, 0.05) is 0 Å². The second-order valence-corrected chi connectivity index (χ2v) is 9.56. The van der Waals surface area contributed by atoms with Gasteiger partial charge in [-0.3, -0.25) is 0 Å². The average Bonchev–Trinajstić information content (AvgIpc) is 3.32. The zero-order valence-corrected chi connectivity index (χ0v) is 21.1. The third-order valence-electron chi connectivity index (χ3n) is 6.75. The Labute approximate surface area is 224 Å². The van der Waals surface area contributed by atoms with Gasteiger partial charge in [-0.1, -0.05) is 110 Å². The molecule has 1 saturated carbocycles. The molecule has 0 radical (unpaired) electrons. The van der Waals surface area contributed by atoms with Crippen LogP contribution in [0.2, 0.25) is 0 Å². The van der Waals surface area contributed by atoms with Crippen molar-refractivity contribution in [1.29, 1.82) is 0 Å². The Bertz CT molecular complexity index is 1130. The second-order valence-electron chi connectivity index (χ2n) is 9.56. The van der Waals surface area contributed by atoms with E-state index in [0.29, 0.717) is 11.1 Å². The van der Waals surface area contributed by atoms with Gasteiger partial charge in [-0.15, -0.1) is 0 Å². The van der Waals surface area contributed by atoms with Crippen molar-refractivity contribution in [3.05, 3.63) is 108 Å². The van der Waals surface area contributed by atoms with E-state index in [1.807, 2.05) is 91.0 Å². The lowest BCUT2D eigenvalue weighted by molar-refractivity contribution is -0.210. The molecule has 3 aromatic carbocycles. The number of rotatable bonds is 12. The number of ether oxygens (including phenoxy) is 5. The highest BCUT2D eigenvalue weighted by atomic mass is 16.7. The fourth-order valence-electron chi connectivity index (χ4n) is 4.78. The summed E-state index contributed by atoms with van der Waals surface area (Å²) >= 11 is 0. The highest BCUT2D eigenvalue weighted by Crippen LogP contribution is 2.33. The largest absolute Gasteiger partial charge is 0.374 e. The highest BCUT2D eigenvalue weighted by molar-refractivity contribution is 5.15. The van der Waals surface area contributed by atoms with E-state index in [4.69, 9.17) is 27.8 Å². The van der Waals surface area contributed by atoms with Gasteiger partial charge in [-0.2, -0.15) is 0 Å². The van der Waals surface area contributed by atoms with E-state index < -0.39 is 44.4 Å². The number of hydrogen-bond donors (Lipinski definition) is 0. The Morgan fingerprint density at radius 1 is 0.649 bits per heavy atom. The molecule has 196 valence electrons. The van der Waals surface area contributed by atoms with Crippen LogP contribution in [0.5, 0.6) is 0 Å². The van der Waals surface area contributed by atoms with Crippen LogP contribution in [0.1, 0.15) is 52.9 Å². The third-order valence-corrected chi connectivity index (χ3v) is 6.75. The molecule has 4 unspecified atom stereocenters. The van der Waals surface area contributed by atoms with Gasteiger partial charge < -0.3 is 23.7 Å². The molecule has 0 amide bonds. The zero-order chi connectivity index (χ0) is 27.7. The molecule has 5 nitrogen and oxygen atoms in total. The van der Waals surface area contributed by atoms with Crippen molar-refractivity contribution in [3.8, 4) is 0 Å². The average molecular weight is 506 g/mol. The smallest absolute Gasteiger partial charge is 0.187 e. The zero-order valence-electron chi connectivity index (χ0n) is 24.1. The lowest BCUT2D eigenvalue weighted by Gasteiger charge is -2.29. The van der Waals surface area contributed by atoms with E-state index in [0.717, 1.165) is 31.2 Å². The Morgan fingerprint density at radius 3 is 1.73 bits per heavy atom. The van der Waals surface area contributed by atoms with Crippen LogP contribution in [0.15, 0.2) is 91.0 Å². The van der Waals surface area contributed by atoms with Crippen LogP contribution in [0.4, 0.5) is 0 Å². The topological polar surface area (TPSA) is 46.2 Å². The van der Waals surface area contributed by atoms with Crippen molar-refractivity contribution in [1.82, 2.24) is 0 Å². The van der Waals surface area contributed by atoms with Crippen LogP contribution < -0.4 is 0 Å². The minimum absolute atomic E-state index is 0.0280. The quantitative estimate of drug-likeness (QED) is 0.283. The van der Waals surface area contributed by atoms with E-state index in [1.165, 1.54) is 6.42 Å². The van der Waals surface area contributed by atoms with Gasteiger partial charge in [-0.05, 0) is 29.5 Å². The predicted molar refractivity (Wildman–Crippen MR) is 143 cm³/mol. The van der Waals surface area contributed by atoms with Crippen LogP contribution in [0.3, 0.4) is 0 Å². The van der Waals surface area contributed by atoms with Gasteiger partial charge >= 0.3 is 0 Å². The number of benzene rings is 3. The van der Waals surface area contributed by atoms with Crippen molar-refractivity contribution in [2.75, 3.05) is 6.61 Å². The first-order valence-electron chi connectivity index (χ1n) is 15.0. The van der Waals surface area contributed by atoms with Crippen molar-refractivity contribution in [2.24, 2.45) is 0 Å². The maximum Gasteiger partial charge on any atom is 0.187 e. The molecule has 0 spiro atoms. The van der Waals surface area contributed by atoms with Crippen LogP contribution in [0, 0.1) is 0 Å². The van der Waals surface area contributed by atoms with Gasteiger partial charge in [0.05, 0.1) is 36.6 Å². The molecule has 7 atom stereocenters. The summed E-state index contributed by atoms with van der Waals surface area (Å²) in [5.41, 5.74) is 2.14.